The SMILES string of the molecule is CCn1nnc(CO)c1-c1cccc(Br)c1. The van der Waals surface area contributed by atoms with Crippen molar-refractivity contribution in [3.63, 3.8) is 0 Å². The number of nitrogens with zero attached hydrogens (tertiary/aromatic N) is 3. The minimum absolute atomic E-state index is 0.0954. The van der Waals surface area contributed by atoms with Crippen LogP contribution in [0.25, 0.3) is 11.3 Å². The lowest BCUT2D eigenvalue weighted by Crippen LogP contribution is -2.00. The van der Waals surface area contributed by atoms with Crippen LogP contribution in [0.3, 0.4) is 0 Å². The van der Waals surface area contributed by atoms with E-state index in [1.54, 1.807) is 4.68 Å². The number of rotatable bonds is 3. The Morgan fingerprint density at radius 2 is 2.25 bits per heavy atom. The lowest BCUT2D eigenvalue weighted by atomic mass is 10.1. The van der Waals surface area contributed by atoms with Gasteiger partial charge in [-0.05, 0) is 19.1 Å². The van der Waals surface area contributed by atoms with Crippen molar-refractivity contribution in [1.29, 1.82) is 0 Å². The van der Waals surface area contributed by atoms with E-state index in [1.165, 1.54) is 0 Å². The molecule has 0 bridgehead atoms. The third-order valence-corrected chi connectivity index (χ3v) is 2.85. The minimum Gasteiger partial charge on any atom is -0.390 e. The molecule has 0 fully saturated rings. The maximum absolute atomic E-state index is 9.23. The molecule has 84 valence electrons. The molecule has 0 aliphatic carbocycles. The number of hydrogen-bond donors (Lipinski definition) is 1. The lowest BCUT2D eigenvalue weighted by Gasteiger charge is -2.05. The van der Waals surface area contributed by atoms with E-state index < -0.39 is 0 Å². The highest BCUT2D eigenvalue weighted by Crippen LogP contribution is 2.25. The average Bonchev–Trinajstić information content (AvgIpc) is 2.71. The van der Waals surface area contributed by atoms with Gasteiger partial charge in [-0.25, -0.2) is 4.68 Å². The molecule has 16 heavy (non-hydrogen) atoms. The standard InChI is InChI=1S/C11H12BrN3O/c1-2-15-11(10(7-16)13-14-15)8-4-3-5-9(12)6-8/h3-6,16H,2,7H2,1H3. The van der Waals surface area contributed by atoms with E-state index in [4.69, 9.17) is 0 Å². The Morgan fingerprint density at radius 1 is 1.44 bits per heavy atom. The molecule has 0 spiro atoms. The molecule has 0 saturated heterocycles. The molecular formula is C11H12BrN3O. The minimum atomic E-state index is -0.0954. The summed E-state index contributed by atoms with van der Waals surface area (Å²) in [7, 11) is 0. The van der Waals surface area contributed by atoms with Crippen molar-refractivity contribution in [2.45, 2.75) is 20.1 Å². The first kappa shape index (κ1) is 11.3. The summed E-state index contributed by atoms with van der Waals surface area (Å²) in [5.74, 6) is 0. The molecule has 0 atom stereocenters. The van der Waals surface area contributed by atoms with Crippen LogP contribution >= 0.6 is 15.9 Å². The zero-order valence-electron chi connectivity index (χ0n) is 8.89. The first-order valence-electron chi connectivity index (χ1n) is 5.05. The van der Waals surface area contributed by atoms with Gasteiger partial charge in [0.2, 0.25) is 0 Å². The Hall–Kier alpha value is -1.20. The van der Waals surface area contributed by atoms with Crippen LogP contribution < -0.4 is 0 Å². The van der Waals surface area contributed by atoms with Crippen LogP contribution in [-0.4, -0.2) is 20.1 Å². The third-order valence-electron chi connectivity index (χ3n) is 2.35. The van der Waals surface area contributed by atoms with Gasteiger partial charge in [-0.1, -0.05) is 33.3 Å². The zero-order chi connectivity index (χ0) is 11.5. The third kappa shape index (κ3) is 2.01. The topological polar surface area (TPSA) is 50.9 Å². The van der Waals surface area contributed by atoms with Crippen LogP contribution in [0, 0.1) is 0 Å². The molecule has 0 amide bonds. The van der Waals surface area contributed by atoms with E-state index in [0.29, 0.717) is 5.69 Å². The fourth-order valence-electron chi connectivity index (χ4n) is 1.63. The van der Waals surface area contributed by atoms with E-state index in [9.17, 15) is 5.11 Å². The van der Waals surface area contributed by atoms with Crippen molar-refractivity contribution in [3.8, 4) is 11.3 Å². The molecule has 0 unspecified atom stereocenters. The van der Waals surface area contributed by atoms with Crippen molar-refractivity contribution in [1.82, 2.24) is 15.0 Å². The van der Waals surface area contributed by atoms with Gasteiger partial charge in [0, 0.05) is 16.6 Å². The Bertz CT molecular complexity index is 474. The molecule has 0 aliphatic heterocycles. The van der Waals surface area contributed by atoms with Crippen molar-refractivity contribution >= 4 is 15.9 Å². The Morgan fingerprint density at radius 3 is 2.88 bits per heavy atom. The second-order valence-electron chi connectivity index (χ2n) is 3.37. The van der Waals surface area contributed by atoms with E-state index in [2.05, 4.69) is 26.2 Å². The van der Waals surface area contributed by atoms with E-state index in [-0.39, 0.29) is 6.61 Å². The summed E-state index contributed by atoms with van der Waals surface area (Å²) in [6.07, 6.45) is 0. The maximum atomic E-state index is 9.23. The van der Waals surface area contributed by atoms with Gasteiger partial charge in [0.05, 0.1) is 12.3 Å². The first-order chi connectivity index (χ1) is 7.76. The van der Waals surface area contributed by atoms with Gasteiger partial charge in [-0.15, -0.1) is 5.10 Å². The van der Waals surface area contributed by atoms with Crippen LogP contribution in [0.2, 0.25) is 0 Å². The van der Waals surface area contributed by atoms with Crippen molar-refractivity contribution in [2.24, 2.45) is 0 Å². The fourth-order valence-corrected chi connectivity index (χ4v) is 2.03. The van der Waals surface area contributed by atoms with Gasteiger partial charge in [0.1, 0.15) is 5.69 Å². The van der Waals surface area contributed by atoms with E-state index in [1.807, 2.05) is 31.2 Å². The first-order valence-corrected chi connectivity index (χ1v) is 5.84. The van der Waals surface area contributed by atoms with Crippen LogP contribution in [0.15, 0.2) is 28.7 Å². The molecule has 1 N–H and O–H groups in total. The molecule has 0 aliphatic rings. The summed E-state index contributed by atoms with van der Waals surface area (Å²) < 4.78 is 2.78. The van der Waals surface area contributed by atoms with Crippen molar-refractivity contribution in [3.05, 3.63) is 34.4 Å². The zero-order valence-corrected chi connectivity index (χ0v) is 10.5. The van der Waals surface area contributed by atoms with Crippen LogP contribution in [-0.2, 0) is 13.2 Å². The maximum Gasteiger partial charge on any atom is 0.116 e. The second kappa shape index (κ2) is 4.76. The predicted octanol–water partition coefficient (Wildman–Crippen LogP) is 2.22. The van der Waals surface area contributed by atoms with Crippen LogP contribution in [0.1, 0.15) is 12.6 Å². The molecule has 2 rings (SSSR count). The normalized spacial score (nSPS) is 10.7. The molecule has 4 nitrogen and oxygen atoms in total. The highest BCUT2D eigenvalue weighted by Gasteiger charge is 2.13. The summed E-state index contributed by atoms with van der Waals surface area (Å²) in [4.78, 5) is 0. The largest absolute Gasteiger partial charge is 0.390 e. The lowest BCUT2D eigenvalue weighted by molar-refractivity contribution is 0.277. The van der Waals surface area contributed by atoms with Crippen molar-refractivity contribution < 1.29 is 5.11 Å². The number of halogens is 1. The Labute approximate surface area is 102 Å². The number of aliphatic hydroxyl groups is 1. The van der Waals surface area contributed by atoms with Gasteiger partial charge in [-0.2, -0.15) is 0 Å². The number of aliphatic hydroxyl groups excluding tert-OH is 1. The van der Waals surface area contributed by atoms with Crippen molar-refractivity contribution in [2.75, 3.05) is 0 Å². The Kier molecular flexibility index (Phi) is 3.36. The molecule has 2 aromatic rings. The molecular weight excluding hydrogens is 270 g/mol. The second-order valence-corrected chi connectivity index (χ2v) is 4.28. The number of aromatic nitrogens is 3. The number of aryl methyl sites for hydroxylation is 1. The molecule has 0 saturated carbocycles. The van der Waals surface area contributed by atoms with E-state index >= 15 is 0 Å². The summed E-state index contributed by atoms with van der Waals surface area (Å²) in [5, 5.41) is 17.2. The van der Waals surface area contributed by atoms with Crippen LogP contribution in [0.4, 0.5) is 0 Å². The quantitative estimate of drug-likeness (QED) is 0.939. The summed E-state index contributed by atoms with van der Waals surface area (Å²) in [5.41, 5.74) is 2.50. The fraction of sp³-hybridized carbons (Fsp3) is 0.273. The van der Waals surface area contributed by atoms with Gasteiger partial charge in [0.15, 0.2) is 0 Å². The molecule has 5 heteroatoms. The summed E-state index contributed by atoms with van der Waals surface area (Å²) in [6.45, 7) is 2.63. The monoisotopic (exact) mass is 281 g/mol. The molecule has 1 aromatic carbocycles. The van der Waals surface area contributed by atoms with Gasteiger partial charge < -0.3 is 5.11 Å². The van der Waals surface area contributed by atoms with Gasteiger partial charge in [-0.3, -0.25) is 0 Å². The molecule has 1 heterocycles. The molecule has 1 aromatic heterocycles. The Balaban J connectivity index is 2.57. The van der Waals surface area contributed by atoms with E-state index in [0.717, 1.165) is 22.3 Å². The van der Waals surface area contributed by atoms with Gasteiger partial charge >= 0.3 is 0 Å². The molecule has 0 radical (unpaired) electrons. The van der Waals surface area contributed by atoms with Gasteiger partial charge in [0.25, 0.3) is 0 Å². The summed E-state index contributed by atoms with van der Waals surface area (Å²) >= 11 is 3.43. The highest BCUT2D eigenvalue weighted by atomic mass is 79.9. The predicted molar refractivity (Wildman–Crippen MR) is 64.8 cm³/mol. The average molecular weight is 282 g/mol. The van der Waals surface area contributed by atoms with Crippen LogP contribution in [0.5, 0.6) is 0 Å². The summed E-state index contributed by atoms with van der Waals surface area (Å²) in [6, 6.07) is 7.88. The highest BCUT2D eigenvalue weighted by molar-refractivity contribution is 9.10. The number of hydrogen-bond acceptors (Lipinski definition) is 3. The smallest absolute Gasteiger partial charge is 0.116 e. The number of benzene rings is 1.